The van der Waals surface area contributed by atoms with Gasteiger partial charge in [-0.1, -0.05) is 90.1 Å². The molecule has 4 atom stereocenters. The number of fused-ring (bicyclic) bond motifs is 3. The van der Waals surface area contributed by atoms with Gasteiger partial charge in [-0.15, -0.1) is 6.58 Å². The van der Waals surface area contributed by atoms with Crippen molar-refractivity contribution in [2.75, 3.05) is 6.54 Å². The number of rotatable bonds is 11. The molecule has 5 aliphatic rings. The van der Waals surface area contributed by atoms with E-state index in [1.807, 2.05) is 66.7 Å². The first-order valence-electron chi connectivity index (χ1n) is 19.1. The molecule has 8 rings (SSSR count). The predicted octanol–water partition coefficient (Wildman–Crippen LogP) is 4.75. The van der Waals surface area contributed by atoms with E-state index in [4.69, 9.17) is 9.57 Å². The zero-order valence-electron chi connectivity index (χ0n) is 30.8. The number of hydrogen-bond acceptors (Lipinski definition) is 9. The number of hydrogen-bond donors (Lipinski definition) is 3. The quantitative estimate of drug-likeness (QED) is 0.144. The van der Waals surface area contributed by atoms with E-state index in [9.17, 15) is 27.6 Å². The van der Waals surface area contributed by atoms with Crippen molar-refractivity contribution in [2.24, 2.45) is 11.1 Å². The van der Waals surface area contributed by atoms with Crippen LogP contribution >= 0.6 is 0 Å². The van der Waals surface area contributed by atoms with E-state index in [1.165, 1.54) is 11.0 Å². The third-order valence-corrected chi connectivity index (χ3v) is 13.0. The molecule has 3 N–H and O–H groups in total. The average Bonchev–Trinajstić information content (AvgIpc) is 4.03. The van der Waals surface area contributed by atoms with Gasteiger partial charge in [-0.2, -0.15) is 0 Å². The Balaban J connectivity index is 1.08. The van der Waals surface area contributed by atoms with Crippen molar-refractivity contribution in [1.82, 2.24) is 25.4 Å². The predicted molar refractivity (Wildman–Crippen MR) is 206 cm³/mol. The van der Waals surface area contributed by atoms with E-state index in [0.717, 1.165) is 52.9 Å². The molecule has 3 aromatic rings. The van der Waals surface area contributed by atoms with Crippen LogP contribution in [-0.4, -0.2) is 83.6 Å². The summed E-state index contributed by atoms with van der Waals surface area (Å²) in [5.41, 5.74) is 6.14. The van der Waals surface area contributed by atoms with Crippen molar-refractivity contribution in [3.63, 3.8) is 0 Å². The molecule has 0 bridgehead atoms. The Morgan fingerprint density at radius 3 is 2.11 bits per heavy atom. The van der Waals surface area contributed by atoms with Crippen molar-refractivity contribution in [2.45, 2.75) is 86.9 Å². The summed E-state index contributed by atoms with van der Waals surface area (Å²) in [5.74, 6) is -2.07. The molecule has 1 heterocycles. The molecule has 3 aromatic carbocycles. The van der Waals surface area contributed by atoms with Crippen LogP contribution in [0.3, 0.4) is 0 Å². The molecule has 1 saturated heterocycles. The molecule has 292 valence electrons. The van der Waals surface area contributed by atoms with Gasteiger partial charge in [-0.25, -0.2) is 28.4 Å². The number of sulfonamides is 1. The van der Waals surface area contributed by atoms with Gasteiger partial charge in [0, 0.05) is 23.5 Å². The molecular weight excluding hydrogens is 737 g/mol. The molecule has 14 nitrogen and oxygen atoms in total. The number of carbonyl (C=O) groups is 4. The van der Waals surface area contributed by atoms with Gasteiger partial charge in [-0.3, -0.25) is 14.3 Å². The Kier molecular flexibility index (Phi) is 10.0. The van der Waals surface area contributed by atoms with Crippen molar-refractivity contribution < 1.29 is 37.2 Å². The number of nitrogens with one attached hydrogen (secondary N) is 3. The first-order chi connectivity index (χ1) is 27.1. The number of hydrazine groups is 1. The number of likely N-dealkylation sites (tertiary alicyclic amines) is 1. The second-order valence-corrected chi connectivity index (χ2v) is 17.1. The fourth-order valence-corrected chi connectivity index (χ4v) is 9.31. The van der Waals surface area contributed by atoms with Crippen LogP contribution in [0.25, 0.3) is 11.1 Å². The van der Waals surface area contributed by atoms with Crippen LogP contribution in [-0.2, 0) is 35.7 Å². The van der Waals surface area contributed by atoms with Gasteiger partial charge in [-0.05, 0) is 61.6 Å². The van der Waals surface area contributed by atoms with E-state index in [1.54, 1.807) is 12.1 Å². The summed E-state index contributed by atoms with van der Waals surface area (Å²) in [4.78, 5) is 63.2. The maximum Gasteiger partial charge on any atom is 0.426 e. The van der Waals surface area contributed by atoms with Crippen LogP contribution in [0, 0.1) is 5.92 Å². The van der Waals surface area contributed by atoms with Gasteiger partial charge in [0.1, 0.15) is 29.5 Å². The fraction of sp³-hybridized carbons (Fsp3) is 0.390. The fourth-order valence-electron chi connectivity index (χ4n) is 7.94. The zero-order chi connectivity index (χ0) is 39.0. The number of benzene rings is 3. The van der Waals surface area contributed by atoms with E-state index < -0.39 is 62.8 Å². The number of nitrogens with zero attached hydrogens (tertiary/aromatic N) is 3. The highest BCUT2D eigenvalue weighted by Crippen LogP contribution is 2.45. The Labute approximate surface area is 325 Å². The van der Waals surface area contributed by atoms with Crippen molar-refractivity contribution >= 4 is 39.7 Å². The number of ether oxygens (including phenoxy) is 1. The molecule has 2 unspecified atom stereocenters. The molecule has 5 amide bonds. The summed E-state index contributed by atoms with van der Waals surface area (Å²) in [6, 6.07) is 22.8. The molecule has 0 aromatic heterocycles. The van der Waals surface area contributed by atoms with Crippen LogP contribution in [0.15, 0.2) is 96.7 Å². The van der Waals surface area contributed by atoms with E-state index >= 15 is 0 Å². The minimum atomic E-state index is -3.91. The van der Waals surface area contributed by atoms with Crippen LogP contribution < -0.4 is 15.5 Å². The van der Waals surface area contributed by atoms with Gasteiger partial charge in [0.05, 0.1) is 18.3 Å². The highest BCUT2D eigenvalue weighted by atomic mass is 32.2. The highest BCUT2D eigenvalue weighted by molar-refractivity contribution is 7.91. The molecule has 4 aliphatic carbocycles. The van der Waals surface area contributed by atoms with Gasteiger partial charge in [0.2, 0.25) is 15.9 Å². The minimum Gasteiger partial charge on any atom is -0.445 e. The van der Waals surface area contributed by atoms with Gasteiger partial charge in [0.15, 0.2) is 0 Å². The average molecular weight is 781 g/mol. The zero-order valence-corrected chi connectivity index (χ0v) is 31.6. The molecule has 0 spiro atoms. The third-order valence-electron chi connectivity index (χ3n) is 11.2. The van der Waals surface area contributed by atoms with Crippen molar-refractivity contribution in [1.29, 1.82) is 0 Å². The number of amides is 5. The Hall–Kier alpha value is -5.70. The third kappa shape index (κ3) is 7.47. The largest absolute Gasteiger partial charge is 0.445 e. The van der Waals surface area contributed by atoms with Crippen molar-refractivity contribution in [3.8, 4) is 11.1 Å². The standard InChI is InChI=1S/C41H44N6O8S/c1-2-27-23-41(27,38(49)45-56(52,53)30-20-21-30)42-37(48)35-22-29(55-44-36-33-18-10-8-16-31(33)32-17-9-11-19-34(32)36)25-46(35)40(51)47(24-26-12-4-3-5-13-26)43-39(50)54-28-14-6-7-15-28/h2-5,8-13,16-19,27-30,35H,1,6-7,14-15,20-25H2,(H,42,48)(H,43,50)(H,45,49)/t27-,29?,35+,41?/m1/s1. The second-order valence-electron chi connectivity index (χ2n) is 15.1. The topological polar surface area (TPSA) is 176 Å². The summed E-state index contributed by atoms with van der Waals surface area (Å²) in [6.07, 6.45) is 4.04. The van der Waals surface area contributed by atoms with E-state index in [2.05, 4.69) is 27.2 Å². The smallest absolute Gasteiger partial charge is 0.426 e. The first-order valence-corrected chi connectivity index (χ1v) is 20.6. The molecule has 3 saturated carbocycles. The lowest BCUT2D eigenvalue weighted by Gasteiger charge is -2.32. The van der Waals surface area contributed by atoms with Gasteiger partial charge < -0.3 is 19.8 Å². The summed E-state index contributed by atoms with van der Waals surface area (Å²) in [6.45, 7) is 3.65. The van der Waals surface area contributed by atoms with Crippen LogP contribution in [0.5, 0.6) is 0 Å². The molecular formula is C41H44N6O8S. The van der Waals surface area contributed by atoms with E-state index in [0.29, 0.717) is 24.1 Å². The molecule has 56 heavy (non-hydrogen) atoms. The van der Waals surface area contributed by atoms with Gasteiger partial charge >= 0.3 is 12.1 Å². The summed E-state index contributed by atoms with van der Waals surface area (Å²) >= 11 is 0. The SMILES string of the molecule is C=C[C@@H]1CC1(NC(=O)[C@@H]1CC(ON=C2c3ccccc3-c3ccccc32)CN1C(=O)N(Cc1ccccc1)NC(=O)OC1CCCC1)C(=O)NS(=O)(=O)C1CC1. The number of oxime groups is 1. The lowest BCUT2D eigenvalue weighted by molar-refractivity contribution is -0.131. The van der Waals surface area contributed by atoms with Crippen LogP contribution in [0.2, 0.25) is 0 Å². The first kappa shape index (κ1) is 37.2. The molecule has 4 fully saturated rings. The van der Waals surface area contributed by atoms with E-state index in [-0.39, 0.29) is 32.0 Å². The highest BCUT2D eigenvalue weighted by Gasteiger charge is 2.62. The minimum absolute atomic E-state index is 0.0137. The summed E-state index contributed by atoms with van der Waals surface area (Å²) < 4.78 is 33.3. The monoisotopic (exact) mass is 780 g/mol. The maximum absolute atomic E-state index is 14.6. The Morgan fingerprint density at radius 1 is 0.875 bits per heavy atom. The second kappa shape index (κ2) is 15.1. The normalized spacial score (nSPS) is 23.7. The molecule has 0 radical (unpaired) electrons. The summed E-state index contributed by atoms with van der Waals surface area (Å²) in [7, 11) is -3.91. The Morgan fingerprint density at radius 2 is 1.50 bits per heavy atom. The van der Waals surface area contributed by atoms with Gasteiger partial charge in [0.25, 0.3) is 5.91 Å². The number of carbonyl (C=O) groups excluding carboxylic acids is 4. The summed E-state index contributed by atoms with van der Waals surface area (Å²) in [5, 5.41) is 7.85. The maximum atomic E-state index is 14.6. The lowest BCUT2D eigenvalue weighted by Crippen LogP contribution is -2.59. The lowest BCUT2D eigenvalue weighted by atomic mass is 10.1. The number of urea groups is 1. The van der Waals surface area contributed by atoms with Crippen LogP contribution in [0.4, 0.5) is 9.59 Å². The van der Waals surface area contributed by atoms with Crippen LogP contribution in [0.1, 0.15) is 68.1 Å². The molecule has 15 heteroatoms. The molecule has 1 aliphatic heterocycles. The van der Waals surface area contributed by atoms with Crippen molar-refractivity contribution in [3.05, 3.63) is 108 Å². The Bertz CT molecular complexity index is 2140.